The maximum atomic E-state index is 13.3. The molecule has 2 aromatic carbocycles. The van der Waals surface area contributed by atoms with E-state index >= 15 is 0 Å². The molecule has 0 spiro atoms. The number of amides is 1. The minimum Gasteiger partial charge on any atom is -0.308 e. The Bertz CT molecular complexity index is 839. The van der Waals surface area contributed by atoms with Gasteiger partial charge in [-0.1, -0.05) is 36.4 Å². The number of para-hydroxylation sites is 1. The summed E-state index contributed by atoms with van der Waals surface area (Å²) in [6.07, 6.45) is 0. The zero-order valence-electron chi connectivity index (χ0n) is 14.3. The van der Waals surface area contributed by atoms with Crippen LogP contribution in [-0.2, 0) is 0 Å². The van der Waals surface area contributed by atoms with Crippen molar-refractivity contribution < 1.29 is 4.79 Å². The fraction of sp³-hybridized carbons (Fsp3) is 0.250. The van der Waals surface area contributed by atoms with Gasteiger partial charge in [0.25, 0.3) is 5.91 Å². The van der Waals surface area contributed by atoms with Gasteiger partial charge in [-0.05, 0) is 50.2 Å². The summed E-state index contributed by atoms with van der Waals surface area (Å²) in [4.78, 5) is 18.1. The van der Waals surface area contributed by atoms with Crippen LogP contribution in [0.4, 0.5) is 5.69 Å². The van der Waals surface area contributed by atoms with Crippen LogP contribution in [0, 0.1) is 6.92 Å². The lowest BCUT2D eigenvalue weighted by Crippen LogP contribution is -2.36. The number of anilines is 1. The first-order valence-corrected chi connectivity index (χ1v) is 8.89. The van der Waals surface area contributed by atoms with Crippen LogP contribution in [0.1, 0.15) is 15.2 Å². The van der Waals surface area contributed by atoms with Gasteiger partial charge in [-0.25, -0.2) is 0 Å². The molecule has 0 radical (unpaired) electrons. The fourth-order valence-electron chi connectivity index (χ4n) is 2.76. The van der Waals surface area contributed by atoms with E-state index in [2.05, 4.69) is 17.0 Å². The molecule has 3 nitrogen and oxygen atoms in total. The molecule has 0 aliphatic carbocycles. The summed E-state index contributed by atoms with van der Waals surface area (Å²) in [5, 5.41) is 1.17. The van der Waals surface area contributed by atoms with Crippen LogP contribution < -0.4 is 4.90 Å². The van der Waals surface area contributed by atoms with Crippen molar-refractivity contribution in [2.45, 2.75) is 6.92 Å². The minimum atomic E-state index is 0.0850. The highest BCUT2D eigenvalue weighted by molar-refractivity contribution is 7.21. The van der Waals surface area contributed by atoms with E-state index in [0.717, 1.165) is 22.7 Å². The lowest BCUT2D eigenvalue weighted by molar-refractivity contribution is 0.0988. The zero-order valence-corrected chi connectivity index (χ0v) is 15.1. The average molecular weight is 338 g/mol. The highest BCUT2D eigenvalue weighted by Gasteiger charge is 2.22. The van der Waals surface area contributed by atoms with Gasteiger partial charge in [-0.2, -0.15) is 0 Å². The van der Waals surface area contributed by atoms with E-state index in [-0.39, 0.29) is 5.91 Å². The molecule has 0 fully saturated rings. The second-order valence-electron chi connectivity index (χ2n) is 6.15. The second kappa shape index (κ2) is 7.16. The van der Waals surface area contributed by atoms with Gasteiger partial charge in [0.15, 0.2) is 0 Å². The summed E-state index contributed by atoms with van der Waals surface area (Å²) in [6, 6.07) is 18.1. The average Bonchev–Trinajstić information content (AvgIpc) is 2.93. The molecule has 0 N–H and O–H groups in total. The molecule has 124 valence electrons. The molecule has 3 rings (SSSR count). The Kier molecular flexibility index (Phi) is 4.97. The Morgan fingerprint density at radius 1 is 0.958 bits per heavy atom. The fourth-order valence-corrected chi connectivity index (χ4v) is 3.91. The van der Waals surface area contributed by atoms with Gasteiger partial charge < -0.3 is 9.80 Å². The van der Waals surface area contributed by atoms with Crippen molar-refractivity contribution in [3.63, 3.8) is 0 Å². The quantitative estimate of drug-likeness (QED) is 0.687. The predicted octanol–water partition coefficient (Wildman–Crippen LogP) is 4.42. The van der Waals surface area contributed by atoms with Crippen LogP contribution in [0.5, 0.6) is 0 Å². The summed E-state index contributed by atoms with van der Waals surface area (Å²) < 4.78 is 1.17. The molecule has 1 amide bonds. The van der Waals surface area contributed by atoms with Crippen molar-refractivity contribution in [2.24, 2.45) is 0 Å². The normalized spacial score (nSPS) is 11.2. The summed E-state index contributed by atoms with van der Waals surface area (Å²) in [5.41, 5.74) is 2.02. The van der Waals surface area contributed by atoms with Crippen LogP contribution in [-0.4, -0.2) is 38.0 Å². The van der Waals surface area contributed by atoms with E-state index in [4.69, 9.17) is 0 Å². The molecule has 0 aliphatic rings. The summed E-state index contributed by atoms with van der Waals surface area (Å²) in [7, 11) is 4.05. The second-order valence-corrected chi connectivity index (χ2v) is 7.20. The van der Waals surface area contributed by atoms with E-state index in [1.165, 1.54) is 10.1 Å². The minimum absolute atomic E-state index is 0.0850. The number of aryl methyl sites for hydroxylation is 1. The number of fused-ring (bicyclic) bond motifs is 1. The predicted molar refractivity (Wildman–Crippen MR) is 103 cm³/mol. The zero-order chi connectivity index (χ0) is 17.1. The summed E-state index contributed by atoms with van der Waals surface area (Å²) >= 11 is 1.58. The molecule has 0 saturated heterocycles. The first kappa shape index (κ1) is 16.7. The lowest BCUT2D eigenvalue weighted by atomic mass is 10.1. The molecule has 0 saturated carbocycles. The molecule has 0 aliphatic heterocycles. The number of thiophene rings is 1. The van der Waals surface area contributed by atoms with E-state index in [1.54, 1.807) is 11.3 Å². The van der Waals surface area contributed by atoms with Crippen LogP contribution in [0.25, 0.3) is 10.1 Å². The molecular formula is C20H22N2OS. The van der Waals surface area contributed by atoms with Crippen molar-refractivity contribution in [1.82, 2.24) is 4.90 Å². The number of likely N-dealkylation sites (N-methyl/N-ethyl adjacent to an activating group) is 1. The van der Waals surface area contributed by atoms with Crippen molar-refractivity contribution in [2.75, 3.05) is 32.1 Å². The van der Waals surface area contributed by atoms with Crippen LogP contribution in [0.3, 0.4) is 0 Å². The number of benzene rings is 2. The number of hydrogen-bond acceptors (Lipinski definition) is 3. The van der Waals surface area contributed by atoms with Crippen LogP contribution >= 0.6 is 11.3 Å². The Morgan fingerprint density at radius 2 is 1.62 bits per heavy atom. The number of carbonyl (C=O) groups is 1. The Labute approximate surface area is 147 Å². The Hall–Kier alpha value is -2.17. The largest absolute Gasteiger partial charge is 0.308 e. The topological polar surface area (TPSA) is 23.6 Å². The van der Waals surface area contributed by atoms with Crippen molar-refractivity contribution in [3.8, 4) is 0 Å². The van der Waals surface area contributed by atoms with Gasteiger partial charge in [0.05, 0.1) is 4.88 Å². The molecule has 0 unspecified atom stereocenters. The van der Waals surface area contributed by atoms with Gasteiger partial charge in [0, 0.05) is 23.5 Å². The van der Waals surface area contributed by atoms with Crippen molar-refractivity contribution in [3.05, 3.63) is 65.0 Å². The van der Waals surface area contributed by atoms with Crippen LogP contribution in [0.15, 0.2) is 54.6 Å². The number of carbonyl (C=O) groups excluding carboxylic acids is 1. The third-order valence-electron chi connectivity index (χ3n) is 4.12. The molecule has 0 atom stereocenters. The van der Waals surface area contributed by atoms with Crippen LogP contribution in [0.2, 0.25) is 0 Å². The molecule has 24 heavy (non-hydrogen) atoms. The third-order valence-corrected chi connectivity index (χ3v) is 5.38. The molecule has 1 heterocycles. The SMILES string of the molecule is Cc1c(C(=O)N(CCN(C)C)c2ccccc2)sc2ccccc12. The molecule has 4 heteroatoms. The molecule has 3 aromatic rings. The van der Waals surface area contributed by atoms with Gasteiger partial charge in [-0.3, -0.25) is 4.79 Å². The highest BCUT2D eigenvalue weighted by Crippen LogP contribution is 2.32. The summed E-state index contributed by atoms with van der Waals surface area (Å²) in [5.74, 6) is 0.0850. The van der Waals surface area contributed by atoms with E-state index in [0.29, 0.717) is 6.54 Å². The standard InChI is InChI=1S/C20H22N2OS/c1-15-17-11-7-8-12-18(17)24-19(15)20(23)22(14-13-21(2)3)16-9-5-4-6-10-16/h4-12H,13-14H2,1-3H3. The first-order chi connectivity index (χ1) is 11.6. The lowest BCUT2D eigenvalue weighted by Gasteiger charge is -2.24. The molecule has 1 aromatic heterocycles. The smallest absolute Gasteiger partial charge is 0.268 e. The monoisotopic (exact) mass is 338 g/mol. The van der Waals surface area contributed by atoms with E-state index in [1.807, 2.05) is 68.4 Å². The molecule has 0 bridgehead atoms. The number of hydrogen-bond donors (Lipinski definition) is 0. The van der Waals surface area contributed by atoms with Crippen molar-refractivity contribution >= 4 is 33.0 Å². The van der Waals surface area contributed by atoms with E-state index in [9.17, 15) is 4.79 Å². The van der Waals surface area contributed by atoms with Gasteiger partial charge >= 0.3 is 0 Å². The maximum absolute atomic E-state index is 13.3. The number of nitrogens with zero attached hydrogens (tertiary/aromatic N) is 2. The van der Waals surface area contributed by atoms with Gasteiger partial charge in [0.1, 0.15) is 0 Å². The maximum Gasteiger partial charge on any atom is 0.268 e. The first-order valence-electron chi connectivity index (χ1n) is 8.07. The van der Waals surface area contributed by atoms with Gasteiger partial charge in [0.2, 0.25) is 0 Å². The van der Waals surface area contributed by atoms with Gasteiger partial charge in [-0.15, -0.1) is 11.3 Å². The molecular weight excluding hydrogens is 316 g/mol. The van der Waals surface area contributed by atoms with E-state index < -0.39 is 0 Å². The number of rotatable bonds is 5. The van der Waals surface area contributed by atoms with Crippen molar-refractivity contribution in [1.29, 1.82) is 0 Å². The summed E-state index contributed by atoms with van der Waals surface area (Å²) in [6.45, 7) is 3.54. The Morgan fingerprint density at radius 3 is 2.29 bits per heavy atom. The third kappa shape index (κ3) is 3.35. The highest BCUT2D eigenvalue weighted by atomic mass is 32.1. The Balaban J connectivity index is 1.99.